The second-order valence-electron chi connectivity index (χ2n) is 3.84. The van der Waals surface area contributed by atoms with Crippen LogP contribution in [0.3, 0.4) is 0 Å². The van der Waals surface area contributed by atoms with E-state index in [1.54, 1.807) is 12.4 Å². The maximum absolute atomic E-state index is 4.34. The highest BCUT2D eigenvalue weighted by Crippen LogP contribution is 2.15. The van der Waals surface area contributed by atoms with E-state index in [0.717, 1.165) is 23.3 Å². The van der Waals surface area contributed by atoms with Gasteiger partial charge >= 0.3 is 0 Å². The van der Waals surface area contributed by atoms with Gasteiger partial charge in [-0.3, -0.25) is 4.98 Å². The van der Waals surface area contributed by atoms with Gasteiger partial charge in [-0.05, 0) is 29.8 Å². The summed E-state index contributed by atoms with van der Waals surface area (Å²) in [6.45, 7) is 0.755. The van der Waals surface area contributed by atoms with Crippen molar-refractivity contribution in [2.45, 2.75) is 6.54 Å². The molecule has 0 aliphatic heterocycles. The molecule has 0 aromatic carbocycles. The standard InChI is InChI=1S/C13H12N4/c1-4-14-5-2-10(1)8-16-13-7-11-3-6-15-12(11)9-17-13/h1-7,9,15H,8H2,(H,16,17). The summed E-state index contributed by atoms with van der Waals surface area (Å²) in [6.07, 6.45) is 7.34. The third-order valence-corrected chi connectivity index (χ3v) is 2.66. The lowest BCUT2D eigenvalue weighted by molar-refractivity contribution is 1.10. The van der Waals surface area contributed by atoms with E-state index >= 15 is 0 Å². The fourth-order valence-electron chi connectivity index (χ4n) is 1.74. The average Bonchev–Trinajstić information content (AvgIpc) is 2.85. The molecule has 17 heavy (non-hydrogen) atoms. The second-order valence-corrected chi connectivity index (χ2v) is 3.84. The third kappa shape index (κ3) is 2.10. The van der Waals surface area contributed by atoms with E-state index in [9.17, 15) is 0 Å². The Morgan fingerprint density at radius 2 is 2.06 bits per heavy atom. The molecule has 3 heterocycles. The van der Waals surface area contributed by atoms with E-state index in [1.165, 1.54) is 5.56 Å². The zero-order chi connectivity index (χ0) is 11.5. The minimum Gasteiger partial charge on any atom is -0.366 e. The first-order valence-electron chi connectivity index (χ1n) is 5.48. The Bertz CT molecular complexity index is 615. The van der Waals surface area contributed by atoms with Crippen LogP contribution in [0.15, 0.2) is 49.1 Å². The van der Waals surface area contributed by atoms with Crippen molar-refractivity contribution in [3.63, 3.8) is 0 Å². The van der Waals surface area contributed by atoms with Crippen LogP contribution in [0, 0.1) is 0 Å². The molecule has 3 aromatic rings. The van der Waals surface area contributed by atoms with E-state index in [0.29, 0.717) is 0 Å². The minimum absolute atomic E-state index is 0.755. The Labute approximate surface area is 98.7 Å². The number of pyridine rings is 2. The molecule has 4 heteroatoms. The van der Waals surface area contributed by atoms with Crippen molar-refractivity contribution >= 4 is 16.7 Å². The quantitative estimate of drug-likeness (QED) is 0.719. The lowest BCUT2D eigenvalue weighted by Gasteiger charge is -2.05. The summed E-state index contributed by atoms with van der Waals surface area (Å²) in [6, 6.07) is 8.05. The molecule has 0 unspecified atom stereocenters. The summed E-state index contributed by atoms with van der Waals surface area (Å²) < 4.78 is 0. The number of rotatable bonds is 3. The Morgan fingerprint density at radius 1 is 1.18 bits per heavy atom. The highest BCUT2D eigenvalue weighted by molar-refractivity contribution is 5.80. The van der Waals surface area contributed by atoms with Gasteiger partial charge in [-0.15, -0.1) is 0 Å². The number of nitrogens with one attached hydrogen (secondary N) is 2. The normalized spacial score (nSPS) is 10.6. The van der Waals surface area contributed by atoms with Crippen LogP contribution in [0.4, 0.5) is 5.82 Å². The van der Waals surface area contributed by atoms with Crippen molar-refractivity contribution in [2.75, 3.05) is 5.32 Å². The van der Waals surface area contributed by atoms with Gasteiger partial charge in [0.15, 0.2) is 0 Å². The van der Waals surface area contributed by atoms with Gasteiger partial charge in [0.25, 0.3) is 0 Å². The fourth-order valence-corrected chi connectivity index (χ4v) is 1.74. The monoisotopic (exact) mass is 224 g/mol. The number of hydrogen-bond donors (Lipinski definition) is 2. The van der Waals surface area contributed by atoms with Gasteiger partial charge < -0.3 is 10.3 Å². The van der Waals surface area contributed by atoms with Crippen molar-refractivity contribution in [2.24, 2.45) is 0 Å². The van der Waals surface area contributed by atoms with Gasteiger partial charge in [0.2, 0.25) is 0 Å². The Kier molecular flexibility index (Phi) is 2.46. The van der Waals surface area contributed by atoms with Crippen LogP contribution in [0.25, 0.3) is 10.9 Å². The number of aromatic amines is 1. The lowest BCUT2D eigenvalue weighted by Crippen LogP contribution is -2.00. The van der Waals surface area contributed by atoms with Crippen LogP contribution in [-0.2, 0) is 6.54 Å². The molecule has 0 aliphatic carbocycles. The van der Waals surface area contributed by atoms with Crippen molar-refractivity contribution in [3.05, 3.63) is 54.6 Å². The fraction of sp³-hybridized carbons (Fsp3) is 0.0769. The summed E-state index contributed by atoms with van der Waals surface area (Å²) in [5.74, 6) is 0.883. The van der Waals surface area contributed by atoms with Crippen LogP contribution in [0.1, 0.15) is 5.56 Å². The molecule has 0 fully saturated rings. The van der Waals surface area contributed by atoms with E-state index in [4.69, 9.17) is 0 Å². The van der Waals surface area contributed by atoms with Crippen LogP contribution in [-0.4, -0.2) is 15.0 Å². The Hall–Kier alpha value is -2.36. The molecule has 3 rings (SSSR count). The Balaban J connectivity index is 1.76. The first kappa shape index (κ1) is 9.84. The first-order chi connectivity index (χ1) is 8.42. The highest BCUT2D eigenvalue weighted by atomic mass is 15.0. The molecule has 0 radical (unpaired) electrons. The maximum Gasteiger partial charge on any atom is 0.126 e. The molecule has 4 nitrogen and oxygen atoms in total. The second kappa shape index (κ2) is 4.25. The van der Waals surface area contributed by atoms with Crippen LogP contribution in [0.5, 0.6) is 0 Å². The number of hydrogen-bond acceptors (Lipinski definition) is 3. The van der Waals surface area contributed by atoms with E-state index < -0.39 is 0 Å². The van der Waals surface area contributed by atoms with Crippen LogP contribution >= 0.6 is 0 Å². The van der Waals surface area contributed by atoms with E-state index in [-0.39, 0.29) is 0 Å². The Morgan fingerprint density at radius 3 is 2.94 bits per heavy atom. The lowest BCUT2D eigenvalue weighted by atomic mass is 10.2. The minimum atomic E-state index is 0.755. The molecule has 0 amide bonds. The number of fused-ring (bicyclic) bond motifs is 1. The number of H-pyrrole nitrogens is 1. The van der Waals surface area contributed by atoms with Gasteiger partial charge in [0, 0.05) is 30.5 Å². The molecule has 0 atom stereocenters. The topological polar surface area (TPSA) is 53.6 Å². The first-order valence-corrected chi connectivity index (χ1v) is 5.48. The van der Waals surface area contributed by atoms with Gasteiger partial charge in [-0.2, -0.15) is 0 Å². The van der Waals surface area contributed by atoms with Crippen molar-refractivity contribution in [1.82, 2.24) is 15.0 Å². The maximum atomic E-state index is 4.34. The van der Waals surface area contributed by atoms with E-state index in [1.807, 2.05) is 36.7 Å². The third-order valence-electron chi connectivity index (χ3n) is 2.66. The average molecular weight is 224 g/mol. The van der Waals surface area contributed by atoms with Gasteiger partial charge in [-0.1, -0.05) is 0 Å². The van der Waals surface area contributed by atoms with Crippen LogP contribution in [0.2, 0.25) is 0 Å². The summed E-state index contributed by atoms with van der Waals surface area (Å²) in [4.78, 5) is 11.4. The SMILES string of the molecule is c1cc(CNc2cc3cc[nH]c3cn2)ccn1. The molecule has 0 aliphatic rings. The van der Waals surface area contributed by atoms with Crippen molar-refractivity contribution in [1.29, 1.82) is 0 Å². The van der Waals surface area contributed by atoms with Gasteiger partial charge in [-0.25, -0.2) is 4.98 Å². The number of anilines is 1. The smallest absolute Gasteiger partial charge is 0.126 e. The molecular formula is C13H12N4. The summed E-state index contributed by atoms with van der Waals surface area (Å²) in [5, 5.41) is 4.45. The molecular weight excluding hydrogens is 212 g/mol. The molecule has 0 bridgehead atoms. The number of nitrogens with zero attached hydrogens (tertiary/aromatic N) is 2. The molecule has 0 spiro atoms. The predicted molar refractivity (Wildman–Crippen MR) is 67.7 cm³/mol. The highest BCUT2D eigenvalue weighted by Gasteiger charge is 1.98. The van der Waals surface area contributed by atoms with Crippen molar-refractivity contribution < 1.29 is 0 Å². The number of aromatic nitrogens is 3. The van der Waals surface area contributed by atoms with Gasteiger partial charge in [0.1, 0.15) is 5.82 Å². The molecule has 3 aromatic heterocycles. The molecule has 84 valence electrons. The zero-order valence-electron chi connectivity index (χ0n) is 9.22. The van der Waals surface area contributed by atoms with Crippen LogP contribution < -0.4 is 5.32 Å². The largest absolute Gasteiger partial charge is 0.366 e. The summed E-state index contributed by atoms with van der Waals surface area (Å²) in [7, 11) is 0. The zero-order valence-corrected chi connectivity index (χ0v) is 9.22. The summed E-state index contributed by atoms with van der Waals surface area (Å²) >= 11 is 0. The molecule has 0 saturated heterocycles. The summed E-state index contributed by atoms with van der Waals surface area (Å²) in [5.41, 5.74) is 2.25. The predicted octanol–water partition coefficient (Wildman–Crippen LogP) is 2.57. The molecule has 0 saturated carbocycles. The molecule has 2 N–H and O–H groups in total. The van der Waals surface area contributed by atoms with Gasteiger partial charge in [0.05, 0.1) is 11.7 Å². The van der Waals surface area contributed by atoms with Crippen molar-refractivity contribution in [3.8, 4) is 0 Å². The van der Waals surface area contributed by atoms with E-state index in [2.05, 4.69) is 20.3 Å².